The number of hydrogen-bond acceptors (Lipinski definition) is 2. The van der Waals surface area contributed by atoms with E-state index in [4.69, 9.17) is 0 Å². The van der Waals surface area contributed by atoms with Gasteiger partial charge >= 0.3 is 6.03 Å². The first kappa shape index (κ1) is 16.3. The molecule has 0 spiro atoms. The summed E-state index contributed by atoms with van der Waals surface area (Å²) in [5, 5.41) is 2.97. The van der Waals surface area contributed by atoms with Crippen LogP contribution in [-0.4, -0.2) is 54.6 Å². The maximum atomic E-state index is 11.9. The van der Waals surface area contributed by atoms with Gasteiger partial charge in [-0.2, -0.15) is 0 Å². The summed E-state index contributed by atoms with van der Waals surface area (Å²) in [6.45, 7) is 5.26. The molecule has 0 radical (unpaired) electrons. The van der Waals surface area contributed by atoms with Gasteiger partial charge in [0.05, 0.1) is 0 Å². The van der Waals surface area contributed by atoms with Crippen LogP contribution >= 0.6 is 0 Å². The molecule has 0 atom stereocenters. The third-order valence-electron chi connectivity index (χ3n) is 5.14. The number of nitrogens with zero attached hydrogens (tertiary/aromatic N) is 2. The topological polar surface area (TPSA) is 35.6 Å². The molecule has 126 valence electrons. The molecule has 4 nitrogen and oxygen atoms in total. The number of amides is 2. The van der Waals surface area contributed by atoms with Crippen LogP contribution in [0.5, 0.6) is 0 Å². The predicted molar refractivity (Wildman–Crippen MR) is 93.6 cm³/mol. The molecule has 0 bridgehead atoms. The van der Waals surface area contributed by atoms with Crippen molar-refractivity contribution in [1.29, 1.82) is 0 Å². The van der Waals surface area contributed by atoms with Crippen molar-refractivity contribution < 1.29 is 4.79 Å². The van der Waals surface area contributed by atoms with E-state index in [1.807, 2.05) is 0 Å². The molecular formula is C19H29N3O. The molecule has 3 rings (SSSR count). The fraction of sp³-hybridized carbons (Fsp3) is 0.632. The van der Waals surface area contributed by atoms with Gasteiger partial charge in [-0.3, -0.25) is 0 Å². The smallest absolute Gasteiger partial charge is 0.317 e. The molecule has 2 fully saturated rings. The number of carbonyl (C=O) groups is 1. The Hall–Kier alpha value is -1.55. The van der Waals surface area contributed by atoms with Gasteiger partial charge in [-0.25, -0.2) is 4.79 Å². The van der Waals surface area contributed by atoms with E-state index in [9.17, 15) is 4.79 Å². The highest BCUT2D eigenvalue weighted by Crippen LogP contribution is 2.19. The molecule has 0 aliphatic carbocycles. The van der Waals surface area contributed by atoms with Crippen LogP contribution in [-0.2, 0) is 6.42 Å². The number of aryl methyl sites for hydroxylation is 1. The second-order valence-electron chi connectivity index (χ2n) is 6.79. The van der Waals surface area contributed by atoms with Gasteiger partial charge in [-0.1, -0.05) is 30.3 Å². The molecule has 1 aromatic carbocycles. The van der Waals surface area contributed by atoms with Crippen LogP contribution in [0.4, 0.5) is 4.79 Å². The Morgan fingerprint density at radius 1 is 1.04 bits per heavy atom. The normalized spacial score (nSPS) is 20.5. The summed E-state index contributed by atoms with van der Waals surface area (Å²) in [7, 11) is 0. The Morgan fingerprint density at radius 2 is 1.83 bits per heavy atom. The third kappa shape index (κ3) is 4.71. The highest BCUT2D eigenvalue weighted by molar-refractivity contribution is 5.75. The standard InChI is InChI=1S/C19H29N3O/c23-19-20-12-6-14-22(19)18-10-15-21(16-11-18)13-5-4-9-17-7-2-1-3-8-17/h1-3,7-8,18H,4-6,9-16H2,(H,20,23). The molecule has 1 N–H and O–H groups in total. The van der Waals surface area contributed by atoms with Crippen LogP contribution in [0.1, 0.15) is 37.7 Å². The van der Waals surface area contributed by atoms with E-state index < -0.39 is 0 Å². The van der Waals surface area contributed by atoms with Crippen molar-refractivity contribution in [2.24, 2.45) is 0 Å². The summed E-state index contributed by atoms with van der Waals surface area (Å²) < 4.78 is 0. The van der Waals surface area contributed by atoms with Crippen molar-refractivity contribution in [2.45, 2.75) is 44.6 Å². The van der Waals surface area contributed by atoms with E-state index in [0.717, 1.165) is 45.4 Å². The molecule has 2 aliphatic heterocycles. The SMILES string of the molecule is O=C1NCCCN1C1CCN(CCCCc2ccccc2)CC1. The van der Waals surface area contributed by atoms with Crippen LogP contribution in [0, 0.1) is 0 Å². The van der Waals surface area contributed by atoms with E-state index in [0.29, 0.717) is 6.04 Å². The molecule has 23 heavy (non-hydrogen) atoms. The number of rotatable bonds is 6. The Morgan fingerprint density at radius 3 is 2.57 bits per heavy atom. The van der Waals surface area contributed by atoms with Gasteiger partial charge in [-0.15, -0.1) is 0 Å². The number of likely N-dealkylation sites (tertiary alicyclic amines) is 1. The van der Waals surface area contributed by atoms with Crippen molar-refractivity contribution in [3.8, 4) is 0 Å². The highest BCUT2D eigenvalue weighted by Gasteiger charge is 2.28. The van der Waals surface area contributed by atoms with Gasteiger partial charge in [0.2, 0.25) is 0 Å². The number of benzene rings is 1. The fourth-order valence-corrected chi connectivity index (χ4v) is 3.76. The van der Waals surface area contributed by atoms with Crippen LogP contribution in [0.3, 0.4) is 0 Å². The fourth-order valence-electron chi connectivity index (χ4n) is 3.76. The summed E-state index contributed by atoms with van der Waals surface area (Å²) in [6.07, 6.45) is 7.07. The number of urea groups is 1. The summed E-state index contributed by atoms with van der Waals surface area (Å²) in [6, 6.07) is 11.4. The lowest BCUT2D eigenvalue weighted by Crippen LogP contribution is -2.54. The number of unbranched alkanes of at least 4 members (excludes halogenated alkanes) is 1. The third-order valence-corrected chi connectivity index (χ3v) is 5.14. The van der Waals surface area contributed by atoms with Gasteiger partial charge in [0.15, 0.2) is 0 Å². The lowest BCUT2D eigenvalue weighted by atomic mass is 10.0. The molecule has 2 heterocycles. The van der Waals surface area contributed by atoms with Gasteiger partial charge < -0.3 is 15.1 Å². The number of hydrogen-bond donors (Lipinski definition) is 1. The number of nitrogens with one attached hydrogen (secondary N) is 1. The lowest BCUT2D eigenvalue weighted by molar-refractivity contribution is 0.111. The minimum Gasteiger partial charge on any atom is -0.338 e. The molecule has 1 aromatic rings. The van der Waals surface area contributed by atoms with Crippen molar-refractivity contribution in [3.63, 3.8) is 0 Å². The average molecular weight is 315 g/mol. The first-order valence-corrected chi connectivity index (χ1v) is 9.14. The van der Waals surface area contributed by atoms with Crippen molar-refractivity contribution in [2.75, 3.05) is 32.7 Å². The summed E-state index contributed by atoms with van der Waals surface area (Å²) in [4.78, 5) is 16.6. The summed E-state index contributed by atoms with van der Waals surface area (Å²) >= 11 is 0. The molecule has 2 amide bonds. The van der Waals surface area contributed by atoms with E-state index in [1.54, 1.807) is 0 Å². The van der Waals surface area contributed by atoms with E-state index >= 15 is 0 Å². The molecule has 2 saturated heterocycles. The Balaban J connectivity index is 1.32. The zero-order chi connectivity index (χ0) is 15.9. The van der Waals surface area contributed by atoms with Crippen LogP contribution in [0.25, 0.3) is 0 Å². The monoisotopic (exact) mass is 315 g/mol. The van der Waals surface area contributed by atoms with Crippen molar-refractivity contribution in [3.05, 3.63) is 35.9 Å². The maximum absolute atomic E-state index is 11.9. The average Bonchev–Trinajstić information content (AvgIpc) is 2.61. The van der Waals surface area contributed by atoms with Crippen LogP contribution in [0.15, 0.2) is 30.3 Å². The van der Waals surface area contributed by atoms with Gasteiger partial charge in [0.1, 0.15) is 0 Å². The number of piperidine rings is 1. The second kappa shape index (κ2) is 8.34. The van der Waals surface area contributed by atoms with Gasteiger partial charge in [0, 0.05) is 32.2 Å². The van der Waals surface area contributed by atoms with Gasteiger partial charge in [0.25, 0.3) is 0 Å². The van der Waals surface area contributed by atoms with Crippen molar-refractivity contribution in [1.82, 2.24) is 15.1 Å². The molecular weight excluding hydrogens is 286 g/mol. The largest absolute Gasteiger partial charge is 0.338 e. The molecule has 4 heteroatoms. The van der Waals surface area contributed by atoms with Gasteiger partial charge in [-0.05, 0) is 50.6 Å². The zero-order valence-corrected chi connectivity index (χ0v) is 14.0. The van der Waals surface area contributed by atoms with Crippen LogP contribution in [0.2, 0.25) is 0 Å². The Kier molecular flexibility index (Phi) is 5.92. The lowest BCUT2D eigenvalue weighted by Gasteiger charge is -2.40. The van der Waals surface area contributed by atoms with E-state index in [1.165, 1.54) is 31.4 Å². The Labute approximate surface area is 139 Å². The minimum atomic E-state index is 0.151. The minimum absolute atomic E-state index is 0.151. The second-order valence-corrected chi connectivity index (χ2v) is 6.79. The van der Waals surface area contributed by atoms with E-state index in [-0.39, 0.29) is 6.03 Å². The number of carbonyl (C=O) groups excluding carboxylic acids is 1. The summed E-state index contributed by atoms with van der Waals surface area (Å²) in [5.41, 5.74) is 1.45. The molecule has 0 saturated carbocycles. The quantitative estimate of drug-likeness (QED) is 0.819. The Bertz CT molecular complexity index is 483. The first-order chi connectivity index (χ1) is 11.3. The van der Waals surface area contributed by atoms with Crippen LogP contribution < -0.4 is 5.32 Å². The predicted octanol–water partition coefficient (Wildman–Crippen LogP) is 2.89. The van der Waals surface area contributed by atoms with E-state index in [2.05, 4.69) is 45.4 Å². The molecule has 2 aliphatic rings. The maximum Gasteiger partial charge on any atom is 0.317 e. The zero-order valence-electron chi connectivity index (χ0n) is 14.0. The summed E-state index contributed by atoms with van der Waals surface area (Å²) in [5.74, 6) is 0. The molecule has 0 aromatic heterocycles. The molecule has 0 unspecified atom stereocenters. The van der Waals surface area contributed by atoms with Crippen molar-refractivity contribution >= 4 is 6.03 Å². The first-order valence-electron chi connectivity index (χ1n) is 9.14. The highest BCUT2D eigenvalue weighted by atomic mass is 16.2.